The Balaban J connectivity index is 1.66. The molecule has 1 aliphatic heterocycles. The number of nitrogens with one attached hydrogen (secondary N) is 2. The lowest BCUT2D eigenvalue weighted by molar-refractivity contribution is -0.137. The summed E-state index contributed by atoms with van der Waals surface area (Å²) in [7, 11) is 0. The number of carbonyl (C=O) groups excluding carboxylic acids is 3. The number of halogens is 3. The van der Waals surface area contributed by atoms with Crippen LogP contribution in [0.3, 0.4) is 0 Å². The minimum Gasteiger partial charge on any atom is -0.326 e. The smallest absolute Gasteiger partial charge is 0.326 e. The van der Waals surface area contributed by atoms with Gasteiger partial charge in [0, 0.05) is 22.6 Å². The topological polar surface area (TPSA) is 75.3 Å². The third-order valence-electron chi connectivity index (χ3n) is 4.07. The van der Waals surface area contributed by atoms with E-state index in [1.54, 1.807) is 24.3 Å². The Hall–Kier alpha value is -2.81. The molecule has 0 fully saturated rings. The van der Waals surface area contributed by atoms with Crippen molar-refractivity contribution >= 4 is 40.7 Å². The largest absolute Gasteiger partial charge is 0.416 e. The van der Waals surface area contributed by atoms with Crippen LogP contribution in [0.15, 0.2) is 47.4 Å². The molecule has 1 aliphatic rings. The molecular weight excluding hydrogens is 393 g/mol. The lowest BCUT2D eigenvalue weighted by Crippen LogP contribution is -2.32. The summed E-state index contributed by atoms with van der Waals surface area (Å²) < 4.78 is 38.4. The third kappa shape index (κ3) is 4.53. The predicted octanol–water partition coefficient (Wildman–Crippen LogP) is 4.35. The quantitative estimate of drug-likeness (QED) is 0.738. The van der Waals surface area contributed by atoms with Crippen LogP contribution in [0.1, 0.15) is 29.3 Å². The molecule has 2 aromatic carbocycles. The lowest BCUT2D eigenvalue weighted by atomic mass is 10.1. The molecule has 2 amide bonds. The van der Waals surface area contributed by atoms with Gasteiger partial charge in [-0.15, -0.1) is 11.8 Å². The molecule has 2 N–H and O–H groups in total. The Morgan fingerprint density at radius 1 is 1.14 bits per heavy atom. The molecule has 5 nitrogen and oxygen atoms in total. The van der Waals surface area contributed by atoms with Crippen molar-refractivity contribution in [3.63, 3.8) is 0 Å². The fourth-order valence-corrected chi connectivity index (χ4v) is 3.72. The van der Waals surface area contributed by atoms with Gasteiger partial charge in [0.25, 0.3) is 0 Å². The second-order valence-electron chi connectivity index (χ2n) is 6.19. The third-order valence-corrected chi connectivity index (χ3v) is 5.35. The van der Waals surface area contributed by atoms with Gasteiger partial charge in [0.2, 0.25) is 11.8 Å². The first-order chi connectivity index (χ1) is 13.1. The number of amides is 2. The number of anilines is 2. The fourth-order valence-electron chi connectivity index (χ4n) is 2.63. The first-order valence-corrected chi connectivity index (χ1v) is 9.11. The Bertz CT molecular complexity index is 942. The Kier molecular flexibility index (Phi) is 5.46. The van der Waals surface area contributed by atoms with Crippen LogP contribution in [-0.4, -0.2) is 22.8 Å². The molecule has 0 aliphatic carbocycles. The van der Waals surface area contributed by atoms with Crippen molar-refractivity contribution in [1.82, 2.24) is 0 Å². The zero-order valence-corrected chi connectivity index (χ0v) is 15.4. The summed E-state index contributed by atoms with van der Waals surface area (Å²) in [6, 6.07) is 9.42. The molecule has 2 aromatic rings. The number of hydrogen-bond acceptors (Lipinski definition) is 4. The number of hydrogen-bond donors (Lipinski definition) is 2. The first-order valence-electron chi connectivity index (χ1n) is 8.23. The zero-order valence-electron chi connectivity index (χ0n) is 14.6. The van der Waals surface area contributed by atoms with Gasteiger partial charge >= 0.3 is 6.18 Å². The normalized spacial score (nSPS) is 16.1. The molecule has 28 heavy (non-hydrogen) atoms. The van der Waals surface area contributed by atoms with E-state index < -0.39 is 28.8 Å². The SMILES string of the molecule is CC(=O)c1ccc(NC(=O)C[C@H]2Sc3ccc(C(F)(F)F)cc3NC2=O)cc1. The summed E-state index contributed by atoms with van der Waals surface area (Å²) in [4.78, 5) is 36.1. The predicted molar refractivity (Wildman–Crippen MR) is 99.4 cm³/mol. The molecule has 9 heteroatoms. The van der Waals surface area contributed by atoms with Crippen LogP contribution in [0.5, 0.6) is 0 Å². The van der Waals surface area contributed by atoms with E-state index in [1.165, 1.54) is 13.0 Å². The standard InChI is InChI=1S/C19H15F3N2O3S/c1-10(25)11-2-5-13(6-3-11)23-17(26)9-16-18(27)24-14-8-12(19(20,21)22)4-7-15(14)28-16/h2-8,16H,9H2,1H3,(H,23,26)(H,24,27)/t16-/m1/s1. The van der Waals surface area contributed by atoms with E-state index >= 15 is 0 Å². The van der Waals surface area contributed by atoms with Crippen molar-refractivity contribution in [3.8, 4) is 0 Å². The minimum atomic E-state index is -4.50. The maximum Gasteiger partial charge on any atom is 0.416 e. The van der Waals surface area contributed by atoms with Crippen molar-refractivity contribution in [2.45, 2.75) is 29.7 Å². The molecule has 0 spiro atoms. The number of rotatable bonds is 4. The van der Waals surface area contributed by atoms with Gasteiger partial charge in [0.05, 0.1) is 16.5 Å². The van der Waals surface area contributed by atoms with Crippen LogP contribution in [-0.2, 0) is 15.8 Å². The summed E-state index contributed by atoms with van der Waals surface area (Å²) in [5.74, 6) is -1.04. The Morgan fingerprint density at radius 3 is 2.43 bits per heavy atom. The number of fused-ring (bicyclic) bond motifs is 1. The monoisotopic (exact) mass is 408 g/mol. The second-order valence-corrected chi connectivity index (χ2v) is 7.43. The van der Waals surface area contributed by atoms with Crippen LogP contribution < -0.4 is 10.6 Å². The van der Waals surface area contributed by atoms with Crippen LogP contribution in [0, 0.1) is 0 Å². The van der Waals surface area contributed by atoms with Gasteiger partial charge in [-0.05, 0) is 49.4 Å². The average molecular weight is 408 g/mol. The van der Waals surface area contributed by atoms with E-state index in [0.717, 1.165) is 23.9 Å². The van der Waals surface area contributed by atoms with Crippen molar-refractivity contribution in [3.05, 3.63) is 53.6 Å². The molecule has 0 saturated heterocycles. The summed E-state index contributed by atoms with van der Waals surface area (Å²) in [5, 5.41) is 4.31. The number of alkyl halides is 3. The molecule has 1 heterocycles. The van der Waals surface area contributed by atoms with Crippen LogP contribution in [0.25, 0.3) is 0 Å². The summed E-state index contributed by atoms with van der Waals surface area (Å²) >= 11 is 1.04. The first kappa shape index (κ1) is 19.9. The lowest BCUT2D eigenvalue weighted by Gasteiger charge is -2.24. The molecular formula is C19H15F3N2O3S. The maximum atomic E-state index is 12.8. The molecule has 1 atom stereocenters. The van der Waals surface area contributed by atoms with Crippen molar-refractivity contribution in [2.75, 3.05) is 10.6 Å². The van der Waals surface area contributed by atoms with Gasteiger partial charge in [-0.2, -0.15) is 13.2 Å². The second kappa shape index (κ2) is 7.67. The highest BCUT2D eigenvalue weighted by Crippen LogP contribution is 2.40. The van der Waals surface area contributed by atoms with Gasteiger partial charge in [0.1, 0.15) is 0 Å². The van der Waals surface area contributed by atoms with Crippen LogP contribution >= 0.6 is 11.8 Å². The Morgan fingerprint density at radius 2 is 1.82 bits per heavy atom. The highest BCUT2D eigenvalue weighted by molar-refractivity contribution is 8.01. The van der Waals surface area contributed by atoms with Crippen LogP contribution in [0.2, 0.25) is 0 Å². The van der Waals surface area contributed by atoms with E-state index in [-0.39, 0.29) is 17.9 Å². The summed E-state index contributed by atoms with van der Waals surface area (Å²) in [5.41, 5.74) is 0.222. The number of Topliss-reactive ketones (excluding diaryl/α,β-unsaturated/α-hetero) is 1. The molecule has 0 saturated carbocycles. The number of carbonyl (C=O) groups is 3. The van der Waals surface area contributed by atoms with Gasteiger partial charge in [-0.25, -0.2) is 0 Å². The fraction of sp³-hybridized carbons (Fsp3) is 0.211. The van der Waals surface area contributed by atoms with E-state index in [0.29, 0.717) is 16.1 Å². The molecule has 0 aromatic heterocycles. The van der Waals surface area contributed by atoms with E-state index in [9.17, 15) is 27.6 Å². The molecule has 0 bridgehead atoms. The molecule has 0 radical (unpaired) electrons. The average Bonchev–Trinajstić information content (AvgIpc) is 2.61. The maximum absolute atomic E-state index is 12.8. The van der Waals surface area contributed by atoms with Crippen molar-refractivity contribution < 1.29 is 27.6 Å². The van der Waals surface area contributed by atoms with Crippen LogP contribution in [0.4, 0.5) is 24.5 Å². The molecule has 0 unspecified atom stereocenters. The summed E-state index contributed by atoms with van der Waals surface area (Å²) in [6.07, 6.45) is -4.65. The highest BCUT2D eigenvalue weighted by atomic mass is 32.2. The van der Waals surface area contributed by atoms with E-state index in [1.807, 2.05) is 0 Å². The van der Waals surface area contributed by atoms with E-state index in [2.05, 4.69) is 10.6 Å². The number of thioether (sulfide) groups is 1. The van der Waals surface area contributed by atoms with Gasteiger partial charge in [-0.3, -0.25) is 14.4 Å². The highest BCUT2D eigenvalue weighted by Gasteiger charge is 2.34. The zero-order chi connectivity index (χ0) is 20.5. The number of ketones is 1. The van der Waals surface area contributed by atoms with E-state index in [4.69, 9.17) is 0 Å². The van der Waals surface area contributed by atoms with Gasteiger partial charge < -0.3 is 10.6 Å². The molecule has 3 rings (SSSR count). The minimum absolute atomic E-state index is 0.0845. The van der Waals surface area contributed by atoms with Crippen molar-refractivity contribution in [1.29, 1.82) is 0 Å². The number of benzene rings is 2. The Labute approximate surface area is 162 Å². The van der Waals surface area contributed by atoms with Gasteiger partial charge in [0.15, 0.2) is 5.78 Å². The summed E-state index contributed by atoms with van der Waals surface area (Å²) in [6.45, 7) is 1.43. The van der Waals surface area contributed by atoms with Crippen molar-refractivity contribution in [2.24, 2.45) is 0 Å². The van der Waals surface area contributed by atoms with Gasteiger partial charge in [-0.1, -0.05) is 0 Å². The molecule has 146 valence electrons.